The number of hydrogen-bond acceptors (Lipinski definition) is 1. The van der Waals surface area contributed by atoms with Crippen LogP contribution >= 0.6 is 0 Å². The average Bonchev–Trinajstić information content (AvgIpc) is 3.51. The van der Waals surface area contributed by atoms with E-state index in [0.717, 1.165) is 17.6 Å². The minimum atomic E-state index is 0.822. The number of hydrogen-bond donors (Lipinski definition) is 0. The van der Waals surface area contributed by atoms with Gasteiger partial charge in [-0.2, -0.15) is 0 Å². The van der Waals surface area contributed by atoms with Crippen molar-refractivity contribution in [1.29, 1.82) is 0 Å². The van der Waals surface area contributed by atoms with Gasteiger partial charge in [-0.05, 0) is 52.2 Å². The third-order valence-corrected chi connectivity index (χ3v) is 7.64. The summed E-state index contributed by atoms with van der Waals surface area (Å²) in [4.78, 5) is 0. The molecule has 2 aromatic heterocycles. The highest BCUT2D eigenvalue weighted by Crippen LogP contribution is 2.37. The molecule has 0 amide bonds. The molecule has 174 valence electrons. The fraction of sp³-hybridized carbons (Fsp3) is 0.0286. The van der Waals surface area contributed by atoms with E-state index in [4.69, 9.17) is 4.42 Å². The minimum Gasteiger partial charge on any atom is -0.456 e. The Morgan fingerprint density at radius 3 is 1.92 bits per heavy atom. The van der Waals surface area contributed by atoms with Crippen molar-refractivity contribution in [3.8, 4) is 5.69 Å². The third kappa shape index (κ3) is 3.06. The largest absolute Gasteiger partial charge is 0.456 e. The van der Waals surface area contributed by atoms with E-state index in [9.17, 15) is 0 Å². The van der Waals surface area contributed by atoms with E-state index in [1.807, 2.05) is 0 Å². The molecule has 8 rings (SSSR count). The van der Waals surface area contributed by atoms with E-state index in [-0.39, 0.29) is 0 Å². The summed E-state index contributed by atoms with van der Waals surface area (Å²) >= 11 is 0. The first-order valence-electron chi connectivity index (χ1n) is 12.7. The van der Waals surface area contributed by atoms with E-state index in [2.05, 4.69) is 132 Å². The first-order valence-corrected chi connectivity index (χ1v) is 12.7. The van der Waals surface area contributed by atoms with E-state index in [0.29, 0.717) is 0 Å². The molecule has 8 aromatic rings. The van der Waals surface area contributed by atoms with Crippen molar-refractivity contribution in [2.24, 2.45) is 0 Å². The molecular formula is C35H23NO. The lowest BCUT2D eigenvalue weighted by molar-refractivity contribution is 0.664. The van der Waals surface area contributed by atoms with Gasteiger partial charge in [-0.25, -0.2) is 0 Å². The summed E-state index contributed by atoms with van der Waals surface area (Å²) < 4.78 is 8.80. The van der Waals surface area contributed by atoms with Crippen LogP contribution in [0.2, 0.25) is 0 Å². The Labute approximate surface area is 214 Å². The molecule has 2 heterocycles. The molecule has 0 bridgehead atoms. The maximum atomic E-state index is 6.44. The first-order chi connectivity index (χ1) is 18.3. The zero-order valence-electron chi connectivity index (χ0n) is 20.2. The molecule has 0 saturated carbocycles. The molecule has 0 atom stereocenters. The number of fused-ring (bicyclic) bond motifs is 8. The molecule has 0 radical (unpaired) electrons. The van der Waals surface area contributed by atoms with Crippen molar-refractivity contribution in [2.45, 2.75) is 6.42 Å². The fourth-order valence-electron chi connectivity index (χ4n) is 5.95. The summed E-state index contributed by atoms with van der Waals surface area (Å²) in [6, 6.07) is 45.6. The number of nitrogens with zero attached hydrogens (tertiary/aromatic N) is 1. The van der Waals surface area contributed by atoms with Crippen LogP contribution in [0.4, 0.5) is 0 Å². The van der Waals surface area contributed by atoms with E-state index >= 15 is 0 Å². The Bertz CT molecular complexity index is 2050. The molecule has 0 aliphatic heterocycles. The zero-order chi connectivity index (χ0) is 24.3. The molecule has 6 aromatic carbocycles. The third-order valence-electron chi connectivity index (χ3n) is 7.64. The van der Waals surface area contributed by atoms with Crippen molar-refractivity contribution in [2.75, 3.05) is 0 Å². The molecule has 0 N–H and O–H groups in total. The van der Waals surface area contributed by atoms with Crippen LogP contribution in [0.3, 0.4) is 0 Å². The monoisotopic (exact) mass is 473 g/mol. The Morgan fingerprint density at radius 1 is 0.514 bits per heavy atom. The van der Waals surface area contributed by atoms with Gasteiger partial charge in [-0.15, -0.1) is 0 Å². The molecular weight excluding hydrogens is 450 g/mol. The maximum absolute atomic E-state index is 6.44. The first kappa shape index (κ1) is 20.4. The average molecular weight is 474 g/mol. The number of rotatable bonds is 3. The number of furan rings is 1. The van der Waals surface area contributed by atoms with Gasteiger partial charge in [0.25, 0.3) is 0 Å². The second-order valence-corrected chi connectivity index (χ2v) is 9.77. The summed E-state index contributed by atoms with van der Waals surface area (Å²) in [5.41, 5.74) is 8.05. The van der Waals surface area contributed by atoms with Crippen LogP contribution in [0.1, 0.15) is 11.1 Å². The summed E-state index contributed by atoms with van der Waals surface area (Å²) in [6.07, 6.45) is 0.822. The van der Waals surface area contributed by atoms with Gasteiger partial charge in [0.05, 0.1) is 11.0 Å². The van der Waals surface area contributed by atoms with Gasteiger partial charge in [0, 0.05) is 33.7 Å². The lowest BCUT2D eigenvalue weighted by Gasteiger charge is -2.09. The van der Waals surface area contributed by atoms with Crippen molar-refractivity contribution in [3.63, 3.8) is 0 Å². The van der Waals surface area contributed by atoms with Crippen molar-refractivity contribution < 1.29 is 4.42 Å². The smallest absolute Gasteiger partial charge is 0.138 e. The van der Waals surface area contributed by atoms with Crippen LogP contribution in [-0.2, 0) is 6.42 Å². The minimum absolute atomic E-state index is 0.822. The number of aromatic nitrogens is 1. The number of para-hydroxylation sites is 3. The quantitative estimate of drug-likeness (QED) is 0.250. The Morgan fingerprint density at radius 2 is 1.16 bits per heavy atom. The highest BCUT2D eigenvalue weighted by molar-refractivity contribution is 6.19. The van der Waals surface area contributed by atoms with Crippen LogP contribution < -0.4 is 0 Å². The van der Waals surface area contributed by atoms with E-state index < -0.39 is 0 Å². The predicted molar refractivity (Wildman–Crippen MR) is 155 cm³/mol. The van der Waals surface area contributed by atoms with Gasteiger partial charge in [0.2, 0.25) is 0 Å². The maximum Gasteiger partial charge on any atom is 0.138 e. The van der Waals surface area contributed by atoms with E-state index in [1.54, 1.807) is 0 Å². The van der Waals surface area contributed by atoms with Crippen LogP contribution in [0, 0.1) is 0 Å². The van der Waals surface area contributed by atoms with Gasteiger partial charge in [0.15, 0.2) is 0 Å². The van der Waals surface area contributed by atoms with Crippen molar-refractivity contribution >= 4 is 54.5 Å². The summed E-state index contributed by atoms with van der Waals surface area (Å²) in [5.74, 6) is 0. The SMILES string of the molecule is c1ccc2c(c1)ccc1oc3c(Cc4ccc(-n5c6ccccc6c6ccccc65)cc4)cccc3c12. The second-order valence-electron chi connectivity index (χ2n) is 9.77. The second kappa shape index (κ2) is 7.84. The molecule has 0 saturated heterocycles. The molecule has 0 aliphatic carbocycles. The van der Waals surface area contributed by atoms with Gasteiger partial charge < -0.3 is 8.98 Å². The van der Waals surface area contributed by atoms with Gasteiger partial charge in [-0.1, -0.05) is 97.1 Å². The topological polar surface area (TPSA) is 18.1 Å². The highest BCUT2D eigenvalue weighted by atomic mass is 16.3. The van der Waals surface area contributed by atoms with Crippen LogP contribution in [0.25, 0.3) is 60.2 Å². The van der Waals surface area contributed by atoms with Crippen LogP contribution in [-0.4, -0.2) is 4.57 Å². The van der Waals surface area contributed by atoms with Crippen molar-refractivity contribution in [1.82, 2.24) is 4.57 Å². The van der Waals surface area contributed by atoms with Gasteiger partial charge >= 0.3 is 0 Å². The van der Waals surface area contributed by atoms with E-state index in [1.165, 1.54) is 60.2 Å². The molecule has 0 unspecified atom stereocenters. The van der Waals surface area contributed by atoms with Crippen molar-refractivity contribution in [3.05, 3.63) is 139 Å². The molecule has 0 spiro atoms. The number of benzene rings is 6. The fourth-order valence-corrected chi connectivity index (χ4v) is 5.95. The molecule has 0 aliphatic rings. The molecule has 2 nitrogen and oxygen atoms in total. The molecule has 2 heteroatoms. The normalized spacial score (nSPS) is 11.9. The van der Waals surface area contributed by atoms with Crippen LogP contribution in [0.15, 0.2) is 132 Å². The summed E-state index contributed by atoms with van der Waals surface area (Å²) in [6.45, 7) is 0. The lowest BCUT2D eigenvalue weighted by Crippen LogP contribution is -1.95. The summed E-state index contributed by atoms with van der Waals surface area (Å²) in [7, 11) is 0. The molecule has 0 fully saturated rings. The van der Waals surface area contributed by atoms with Gasteiger partial charge in [-0.3, -0.25) is 0 Å². The highest BCUT2D eigenvalue weighted by Gasteiger charge is 2.14. The van der Waals surface area contributed by atoms with Crippen LogP contribution in [0.5, 0.6) is 0 Å². The Hall–Kier alpha value is -4.82. The lowest BCUT2D eigenvalue weighted by atomic mass is 10.00. The van der Waals surface area contributed by atoms with Gasteiger partial charge in [0.1, 0.15) is 11.2 Å². The zero-order valence-corrected chi connectivity index (χ0v) is 20.2. The summed E-state index contributed by atoms with van der Waals surface area (Å²) in [5, 5.41) is 7.44. The predicted octanol–water partition coefficient (Wildman–Crippen LogP) is 9.43. The molecule has 37 heavy (non-hydrogen) atoms. The Kier molecular flexibility index (Phi) is 4.32. The standard InChI is InChI=1S/C35H23NO/c1-2-10-27-24(8-1)18-21-33-34(27)30-13-7-9-25(35(30)37-33)22-23-16-19-26(20-17-23)36-31-14-5-3-11-28(31)29-12-4-6-15-32(29)36/h1-21H,22H2. The Balaban J connectivity index is 1.22.